The van der Waals surface area contributed by atoms with Gasteiger partial charge in [0.15, 0.2) is 5.54 Å². The molecule has 154 valence electrons. The fourth-order valence-electron chi connectivity index (χ4n) is 3.62. The number of ketones is 1. The van der Waals surface area contributed by atoms with E-state index in [2.05, 4.69) is 6.92 Å². The molecule has 26 heavy (non-hydrogen) atoms. The summed E-state index contributed by atoms with van der Waals surface area (Å²) in [6.45, 7) is 2.35. The SMILES string of the molecule is CCCCCCCCCCCCC(C(=O)[O-])(C(=O)CN(C)C)[N+](C)(C)C. The van der Waals surface area contributed by atoms with Gasteiger partial charge in [0.1, 0.15) is 5.97 Å². The molecule has 0 saturated carbocycles. The highest BCUT2D eigenvalue weighted by molar-refractivity contribution is 6.06. The molecule has 0 aliphatic rings. The first-order chi connectivity index (χ1) is 12.1. The zero-order chi connectivity index (χ0) is 20.2. The molecule has 0 radical (unpaired) electrons. The molecule has 0 aromatic carbocycles. The second-order valence-electron chi connectivity index (χ2n) is 8.75. The predicted molar refractivity (Wildman–Crippen MR) is 106 cm³/mol. The van der Waals surface area contributed by atoms with Gasteiger partial charge in [-0.25, -0.2) is 0 Å². The Balaban J connectivity index is 4.50. The number of carbonyl (C=O) groups excluding carboxylic acids is 2. The van der Waals surface area contributed by atoms with Crippen LogP contribution in [-0.4, -0.2) is 68.5 Å². The van der Waals surface area contributed by atoms with E-state index in [4.69, 9.17) is 0 Å². The summed E-state index contributed by atoms with van der Waals surface area (Å²) in [5, 5.41) is 12.0. The molecule has 0 aromatic rings. The Hall–Kier alpha value is -0.940. The molecular weight excluding hydrogens is 328 g/mol. The Bertz CT molecular complexity index is 416. The van der Waals surface area contributed by atoms with Crippen LogP contribution in [0.5, 0.6) is 0 Å². The molecule has 0 rings (SSSR count). The minimum absolute atomic E-state index is 0.0689. The van der Waals surface area contributed by atoms with Crippen molar-refractivity contribution in [1.29, 1.82) is 0 Å². The molecule has 5 heteroatoms. The summed E-state index contributed by atoms with van der Waals surface area (Å²) < 4.78 is 0.0689. The molecule has 0 aliphatic carbocycles. The van der Waals surface area contributed by atoms with Crippen molar-refractivity contribution < 1.29 is 19.2 Å². The molecule has 0 amide bonds. The molecule has 1 unspecified atom stereocenters. The third-order valence-corrected chi connectivity index (χ3v) is 5.30. The topological polar surface area (TPSA) is 60.4 Å². The fraction of sp³-hybridized carbons (Fsp3) is 0.905. The number of carboxylic acid groups (broad SMARTS) is 1. The van der Waals surface area contributed by atoms with Crippen LogP contribution in [0.3, 0.4) is 0 Å². The number of unbranched alkanes of at least 4 members (excludes halogenated alkanes) is 9. The highest BCUT2D eigenvalue weighted by Crippen LogP contribution is 2.27. The van der Waals surface area contributed by atoms with Crippen molar-refractivity contribution in [2.75, 3.05) is 41.8 Å². The van der Waals surface area contributed by atoms with E-state index in [9.17, 15) is 14.7 Å². The van der Waals surface area contributed by atoms with E-state index < -0.39 is 11.5 Å². The van der Waals surface area contributed by atoms with Crippen molar-refractivity contribution in [1.82, 2.24) is 4.90 Å². The van der Waals surface area contributed by atoms with E-state index >= 15 is 0 Å². The van der Waals surface area contributed by atoms with Gasteiger partial charge in [0.25, 0.3) is 0 Å². The third kappa shape index (κ3) is 8.17. The maximum absolute atomic E-state index is 12.8. The standard InChI is InChI=1S/C21H42N2O3/c1-7-8-9-10-11-12-13-14-15-16-17-21(20(25)26,23(4,5)6)19(24)18-22(2)3/h7-18H2,1-6H3. The van der Waals surface area contributed by atoms with Crippen LogP contribution in [0.25, 0.3) is 0 Å². The number of hydrogen-bond donors (Lipinski definition) is 0. The zero-order valence-electron chi connectivity index (χ0n) is 18.1. The minimum atomic E-state index is -1.47. The zero-order valence-corrected chi connectivity index (χ0v) is 18.1. The van der Waals surface area contributed by atoms with Crippen LogP contribution in [0.2, 0.25) is 0 Å². The normalized spacial score (nSPS) is 14.4. The number of likely N-dealkylation sites (N-methyl/N-ethyl adjacent to an activating group) is 2. The first kappa shape index (κ1) is 25.1. The quantitative estimate of drug-likeness (QED) is 0.238. The van der Waals surface area contributed by atoms with Gasteiger partial charge in [-0.05, 0) is 20.5 Å². The van der Waals surface area contributed by atoms with Crippen molar-refractivity contribution in [3.05, 3.63) is 0 Å². The summed E-state index contributed by atoms with van der Waals surface area (Å²) in [7, 11) is 8.90. The van der Waals surface area contributed by atoms with Gasteiger partial charge in [-0.15, -0.1) is 0 Å². The molecular formula is C21H42N2O3. The maximum Gasteiger partial charge on any atom is 0.212 e. The van der Waals surface area contributed by atoms with Crippen molar-refractivity contribution in [3.8, 4) is 0 Å². The van der Waals surface area contributed by atoms with E-state index in [1.165, 1.54) is 44.9 Å². The van der Waals surface area contributed by atoms with Gasteiger partial charge < -0.3 is 19.3 Å². The highest BCUT2D eigenvalue weighted by atomic mass is 16.4. The third-order valence-electron chi connectivity index (χ3n) is 5.30. The second-order valence-corrected chi connectivity index (χ2v) is 8.75. The Morgan fingerprint density at radius 2 is 1.27 bits per heavy atom. The summed E-state index contributed by atoms with van der Waals surface area (Å²) in [4.78, 5) is 26.5. The number of rotatable bonds is 16. The summed E-state index contributed by atoms with van der Waals surface area (Å²) >= 11 is 0. The van der Waals surface area contributed by atoms with Crippen molar-refractivity contribution in [3.63, 3.8) is 0 Å². The van der Waals surface area contributed by atoms with Gasteiger partial charge in [0.05, 0.1) is 27.7 Å². The molecule has 0 aromatic heterocycles. The summed E-state index contributed by atoms with van der Waals surface area (Å²) in [5.74, 6) is -1.50. The van der Waals surface area contributed by atoms with Gasteiger partial charge in [-0.1, -0.05) is 64.7 Å². The Kier molecular flexibility index (Phi) is 12.0. The number of carboxylic acids is 1. The lowest BCUT2D eigenvalue weighted by molar-refractivity contribution is -0.906. The predicted octanol–water partition coefficient (Wildman–Crippen LogP) is 2.62. The van der Waals surface area contributed by atoms with Crippen molar-refractivity contribution in [2.24, 2.45) is 0 Å². The van der Waals surface area contributed by atoms with Crippen LogP contribution < -0.4 is 5.11 Å². The second kappa shape index (κ2) is 12.4. The average Bonchev–Trinajstić information content (AvgIpc) is 2.50. The largest absolute Gasteiger partial charge is 0.543 e. The van der Waals surface area contributed by atoms with Gasteiger partial charge in [-0.3, -0.25) is 4.79 Å². The lowest BCUT2D eigenvalue weighted by Gasteiger charge is -2.46. The summed E-state index contributed by atoms with van der Waals surface area (Å²) in [6.07, 6.45) is 12.2. The molecule has 0 spiro atoms. The lowest BCUT2D eigenvalue weighted by atomic mass is 9.84. The number of carbonyl (C=O) groups is 2. The average molecular weight is 371 g/mol. The summed E-state index contributed by atoms with van der Waals surface area (Å²) in [5.41, 5.74) is -1.47. The van der Waals surface area contributed by atoms with E-state index in [0.29, 0.717) is 6.42 Å². The number of Topliss-reactive ketones (excluding diaryl/α,β-unsaturated/α-hetero) is 1. The van der Waals surface area contributed by atoms with Gasteiger partial charge in [-0.2, -0.15) is 0 Å². The number of aliphatic carboxylic acids is 1. The van der Waals surface area contributed by atoms with E-state index in [1.54, 1.807) is 40.1 Å². The molecule has 0 fully saturated rings. The molecule has 0 bridgehead atoms. The monoisotopic (exact) mass is 370 g/mol. The molecule has 0 heterocycles. The Morgan fingerprint density at radius 1 is 0.846 bits per heavy atom. The van der Waals surface area contributed by atoms with Crippen LogP contribution in [0.4, 0.5) is 0 Å². The minimum Gasteiger partial charge on any atom is -0.543 e. The molecule has 5 nitrogen and oxygen atoms in total. The smallest absolute Gasteiger partial charge is 0.212 e. The van der Waals surface area contributed by atoms with Gasteiger partial charge >= 0.3 is 0 Å². The maximum atomic E-state index is 12.8. The number of nitrogens with zero attached hydrogens (tertiary/aromatic N) is 2. The van der Waals surface area contributed by atoms with Crippen LogP contribution in [0.15, 0.2) is 0 Å². The molecule has 0 aliphatic heterocycles. The van der Waals surface area contributed by atoms with E-state index in [-0.39, 0.29) is 16.8 Å². The van der Waals surface area contributed by atoms with Gasteiger partial charge in [0, 0.05) is 6.42 Å². The summed E-state index contributed by atoms with van der Waals surface area (Å²) in [6, 6.07) is 0. The molecule has 0 N–H and O–H groups in total. The fourth-order valence-corrected chi connectivity index (χ4v) is 3.62. The van der Waals surface area contributed by atoms with Crippen molar-refractivity contribution >= 4 is 11.8 Å². The Labute approximate surface area is 161 Å². The van der Waals surface area contributed by atoms with Crippen LogP contribution in [0, 0.1) is 0 Å². The van der Waals surface area contributed by atoms with Crippen LogP contribution in [-0.2, 0) is 9.59 Å². The number of hydrogen-bond acceptors (Lipinski definition) is 4. The lowest BCUT2D eigenvalue weighted by Crippen LogP contribution is -2.71. The van der Waals surface area contributed by atoms with Crippen molar-refractivity contribution in [2.45, 2.75) is 83.1 Å². The van der Waals surface area contributed by atoms with Crippen LogP contribution >= 0.6 is 0 Å². The number of quaternary nitrogens is 1. The first-order valence-electron chi connectivity index (χ1n) is 10.3. The van der Waals surface area contributed by atoms with E-state index in [1.807, 2.05) is 0 Å². The Morgan fingerprint density at radius 3 is 1.62 bits per heavy atom. The van der Waals surface area contributed by atoms with E-state index in [0.717, 1.165) is 19.3 Å². The van der Waals surface area contributed by atoms with Gasteiger partial charge in [0.2, 0.25) is 5.78 Å². The molecule has 1 atom stereocenters. The molecule has 0 saturated heterocycles. The highest BCUT2D eigenvalue weighted by Gasteiger charge is 2.50. The van der Waals surface area contributed by atoms with Crippen LogP contribution in [0.1, 0.15) is 77.6 Å². The first-order valence-corrected chi connectivity index (χ1v) is 10.3.